The number of halogens is 3. The Bertz CT molecular complexity index is 126. The van der Waals surface area contributed by atoms with Gasteiger partial charge in [0.25, 0.3) is 0 Å². The van der Waals surface area contributed by atoms with Crippen molar-refractivity contribution in [1.82, 2.24) is 0 Å². The van der Waals surface area contributed by atoms with Crippen molar-refractivity contribution in [3.8, 4) is 0 Å². The molecule has 0 aromatic carbocycles. The van der Waals surface area contributed by atoms with E-state index in [1.165, 1.54) is 12.8 Å². The van der Waals surface area contributed by atoms with Crippen LogP contribution in [0.3, 0.4) is 0 Å². The molecule has 0 aliphatic heterocycles. The third-order valence-corrected chi connectivity index (χ3v) is 1.67. The van der Waals surface area contributed by atoms with Crippen molar-refractivity contribution < 1.29 is 69.1 Å². The predicted octanol–water partition coefficient (Wildman–Crippen LogP) is -0.806. The zero-order valence-electron chi connectivity index (χ0n) is 7.23. The zero-order valence-corrected chi connectivity index (χ0v) is 10.4. The minimum atomic E-state index is -4.73. The van der Waals surface area contributed by atoms with Crippen LogP contribution in [-0.4, -0.2) is 20.1 Å². The molecule has 0 amide bonds. The van der Waals surface area contributed by atoms with Crippen LogP contribution in [0.1, 0.15) is 19.3 Å². The van der Waals surface area contributed by atoms with Crippen LogP contribution < -0.4 is 51.4 Å². The van der Waals surface area contributed by atoms with Crippen LogP contribution in [0.25, 0.3) is 0 Å². The molecule has 66 valence electrons. The van der Waals surface area contributed by atoms with Gasteiger partial charge in [-0.05, 0) is 12.3 Å². The second-order valence-electron chi connectivity index (χ2n) is 3.02. The number of ether oxygens (including phenoxy) is 1. The molecule has 1 rings (SSSR count). The van der Waals surface area contributed by atoms with E-state index in [0.29, 0.717) is 5.92 Å². The molecule has 0 bridgehead atoms. The quantitative estimate of drug-likeness (QED) is 0.422. The molecule has 0 saturated heterocycles. The van der Waals surface area contributed by atoms with Crippen LogP contribution in [0.5, 0.6) is 0 Å². The number of rotatable bonds is 5. The summed E-state index contributed by atoms with van der Waals surface area (Å²) in [5, 5.41) is 0. The largest absolute Gasteiger partial charge is 1.00 e. The second-order valence-corrected chi connectivity index (χ2v) is 3.02. The van der Waals surface area contributed by atoms with Crippen LogP contribution >= 0.6 is 0 Å². The zero-order chi connectivity index (χ0) is 8.32. The fraction of sp³-hybridized carbons (Fsp3) is 1.00. The standard InChI is InChI=1S/C6H11BF3O.K/c8-7(9,10)5-11-4-3-6-1-2-6;/h6H,1-5H2;/q-1;+1. The maximum atomic E-state index is 11.5. The molecule has 0 N–H and O–H groups in total. The molecule has 6 heteroatoms. The molecule has 0 spiro atoms. The fourth-order valence-electron chi connectivity index (χ4n) is 0.873. The minimum Gasteiger partial charge on any atom is -0.447 e. The smallest absolute Gasteiger partial charge is 0.447 e. The van der Waals surface area contributed by atoms with Crippen molar-refractivity contribution in [2.75, 3.05) is 13.1 Å². The van der Waals surface area contributed by atoms with Crippen molar-refractivity contribution in [2.45, 2.75) is 19.3 Å². The van der Waals surface area contributed by atoms with Crippen LogP contribution in [0.2, 0.25) is 0 Å². The third-order valence-electron chi connectivity index (χ3n) is 1.67. The summed E-state index contributed by atoms with van der Waals surface area (Å²) in [5.41, 5.74) is 0. The average molecular weight is 206 g/mol. The summed E-state index contributed by atoms with van der Waals surface area (Å²) < 4.78 is 39.1. The van der Waals surface area contributed by atoms with Gasteiger partial charge in [-0.1, -0.05) is 12.8 Å². The Balaban J connectivity index is 0.00000121. The molecule has 1 nitrogen and oxygen atoms in total. The van der Waals surface area contributed by atoms with Gasteiger partial charge in [-0.3, -0.25) is 0 Å². The van der Waals surface area contributed by atoms with Crippen LogP contribution in [0.4, 0.5) is 12.9 Å². The van der Waals surface area contributed by atoms with Crippen LogP contribution in [-0.2, 0) is 4.74 Å². The third kappa shape index (κ3) is 8.07. The summed E-state index contributed by atoms with van der Waals surface area (Å²) in [7, 11) is 0. The van der Waals surface area contributed by atoms with E-state index in [2.05, 4.69) is 4.74 Å². The van der Waals surface area contributed by atoms with Gasteiger partial charge >= 0.3 is 58.4 Å². The van der Waals surface area contributed by atoms with Crippen molar-refractivity contribution in [2.24, 2.45) is 5.92 Å². The Morgan fingerprint density at radius 2 is 1.83 bits per heavy atom. The SMILES string of the molecule is F[B-](F)(F)COCCC1CC1.[K+]. The summed E-state index contributed by atoms with van der Waals surface area (Å²) in [4.78, 5) is 0. The van der Waals surface area contributed by atoms with Gasteiger partial charge < -0.3 is 17.7 Å². The average Bonchev–Trinajstić information content (AvgIpc) is 2.60. The summed E-state index contributed by atoms with van der Waals surface area (Å²) >= 11 is 0. The van der Waals surface area contributed by atoms with Crippen molar-refractivity contribution in [3.63, 3.8) is 0 Å². The molecular formula is C6H11BF3KO. The Labute approximate surface area is 113 Å². The molecule has 0 radical (unpaired) electrons. The molecule has 12 heavy (non-hydrogen) atoms. The Morgan fingerprint density at radius 1 is 1.25 bits per heavy atom. The van der Waals surface area contributed by atoms with E-state index in [1.54, 1.807) is 0 Å². The van der Waals surface area contributed by atoms with Gasteiger partial charge in [-0.2, -0.15) is 0 Å². The number of hydrogen-bond acceptors (Lipinski definition) is 1. The first-order valence-electron chi connectivity index (χ1n) is 3.86. The van der Waals surface area contributed by atoms with Gasteiger partial charge in [0, 0.05) is 13.1 Å². The molecule has 0 heterocycles. The summed E-state index contributed by atoms with van der Waals surface area (Å²) in [6, 6.07) is 0. The van der Waals surface area contributed by atoms with E-state index in [9.17, 15) is 12.9 Å². The van der Waals surface area contributed by atoms with E-state index < -0.39 is 13.5 Å². The van der Waals surface area contributed by atoms with Gasteiger partial charge in [-0.15, -0.1) is 0 Å². The van der Waals surface area contributed by atoms with Gasteiger partial charge in [0.2, 0.25) is 0 Å². The molecule has 1 aliphatic rings. The van der Waals surface area contributed by atoms with Gasteiger partial charge in [0.15, 0.2) is 0 Å². The van der Waals surface area contributed by atoms with Crippen molar-refractivity contribution in [3.05, 3.63) is 0 Å². The van der Waals surface area contributed by atoms with Crippen LogP contribution in [0, 0.1) is 5.92 Å². The summed E-state index contributed by atoms with van der Waals surface area (Å²) in [5.74, 6) is 0.649. The predicted molar refractivity (Wildman–Crippen MR) is 37.2 cm³/mol. The Hall–Kier alpha value is 1.45. The first kappa shape index (κ1) is 13.5. The molecule has 0 aromatic rings. The van der Waals surface area contributed by atoms with E-state index in [0.717, 1.165) is 6.42 Å². The molecule has 1 fully saturated rings. The Kier molecular flexibility index (Phi) is 6.76. The monoisotopic (exact) mass is 206 g/mol. The minimum absolute atomic E-state index is 0. The van der Waals surface area contributed by atoms with Gasteiger partial charge in [-0.25, -0.2) is 0 Å². The molecule has 0 unspecified atom stereocenters. The first-order valence-corrected chi connectivity index (χ1v) is 3.86. The maximum Gasteiger partial charge on any atom is 1.00 e. The number of hydrogen-bond donors (Lipinski definition) is 0. The fourth-order valence-corrected chi connectivity index (χ4v) is 0.873. The Morgan fingerprint density at radius 3 is 2.25 bits per heavy atom. The van der Waals surface area contributed by atoms with Crippen LogP contribution in [0.15, 0.2) is 0 Å². The topological polar surface area (TPSA) is 9.23 Å². The van der Waals surface area contributed by atoms with Crippen molar-refractivity contribution in [1.29, 1.82) is 0 Å². The van der Waals surface area contributed by atoms with E-state index >= 15 is 0 Å². The summed E-state index contributed by atoms with van der Waals surface area (Å²) in [6.45, 7) is -5.50. The van der Waals surface area contributed by atoms with Crippen molar-refractivity contribution >= 4 is 6.98 Å². The first-order chi connectivity index (χ1) is 5.08. The maximum absolute atomic E-state index is 11.5. The molecule has 1 saturated carbocycles. The van der Waals surface area contributed by atoms with Gasteiger partial charge in [0.05, 0.1) is 0 Å². The molecule has 0 atom stereocenters. The van der Waals surface area contributed by atoms with E-state index in [4.69, 9.17) is 0 Å². The molecule has 1 aliphatic carbocycles. The molecular weight excluding hydrogens is 195 g/mol. The van der Waals surface area contributed by atoms with E-state index in [1.807, 2.05) is 0 Å². The second kappa shape index (κ2) is 6.03. The molecule has 0 aromatic heterocycles. The summed E-state index contributed by atoms with van der Waals surface area (Å²) in [6.07, 6.45) is 3.13. The normalized spacial score (nSPS) is 17.2. The van der Waals surface area contributed by atoms with E-state index in [-0.39, 0.29) is 58.0 Å². The van der Waals surface area contributed by atoms with Gasteiger partial charge in [0.1, 0.15) is 0 Å².